The molecule has 2 aromatic rings. The van der Waals surface area contributed by atoms with Crippen LogP contribution in [-0.2, 0) is 49.6 Å². The number of rotatable bonds is 8. The summed E-state index contributed by atoms with van der Waals surface area (Å²) in [5, 5.41) is 0. The first-order valence-corrected chi connectivity index (χ1v) is 15.7. The van der Waals surface area contributed by atoms with Crippen LogP contribution in [0.2, 0.25) is 0 Å². The average Bonchev–Trinajstić information content (AvgIpc) is 3.74. The number of hydrogen-bond acceptors (Lipinski definition) is 11. The molecule has 5 rings (SSSR count). The first kappa shape index (κ1) is 29.8. The lowest BCUT2D eigenvalue weighted by molar-refractivity contribution is -0.234. The molecule has 0 aromatic heterocycles. The van der Waals surface area contributed by atoms with Crippen LogP contribution < -0.4 is 9.47 Å². The zero-order valence-electron chi connectivity index (χ0n) is 23.9. The van der Waals surface area contributed by atoms with Crippen molar-refractivity contribution in [2.45, 2.75) is 75.8 Å². The summed E-state index contributed by atoms with van der Waals surface area (Å²) in [7, 11) is -4.02. The Hall–Kier alpha value is -3.64. The molecular formula is C30H34O11S. The van der Waals surface area contributed by atoms with E-state index in [1.54, 1.807) is 6.07 Å². The lowest BCUT2D eigenvalue weighted by atomic mass is 9.89. The summed E-state index contributed by atoms with van der Waals surface area (Å²) >= 11 is 0. The van der Waals surface area contributed by atoms with Crippen LogP contribution in [0.5, 0.6) is 11.5 Å². The van der Waals surface area contributed by atoms with E-state index in [9.17, 15) is 22.8 Å². The molecule has 42 heavy (non-hydrogen) atoms. The molecule has 11 nitrogen and oxygen atoms in total. The normalized spacial score (nSPS) is 25.3. The van der Waals surface area contributed by atoms with E-state index in [1.807, 2.05) is 30.3 Å². The number of carbonyl (C=O) groups is 3. The van der Waals surface area contributed by atoms with Crippen molar-refractivity contribution in [2.75, 3.05) is 19.5 Å². The molecule has 1 saturated heterocycles. The minimum Gasteiger partial charge on any atom is -0.486 e. The maximum atomic E-state index is 12.9. The Kier molecular flexibility index (Phi) is 8.47. The van der Waals surface area contributed by atoms with Gasteiger partial charge >= 0.3 is 17.9 Å². The summed E-state index contributed by atoms with van der Waals surface area (Å²) in [5.41, 5.74) is 1.96. The number of sulfone groups is 1. The van der Waals surface area contributed by atoms with Gasteiger partial charge in [0.25, 0.3) is 0 Å². The van der Waals surface area contributed by atoms with Crippen LogP contribution in [0.15, 0.2) is 36.4 Å². The minimum absolute atomic E-state index is 0.397. The van der Waals surface area contributed by atoms with Crippen molar-refractivity contribution in [1.82, 2.24) is 0 Å². The first-order valence-electron chi connectivity index (χ1n) is 13.8. The summed E-state index contributed by atoms with van der Waals surface area (Å²) in [5.74, 6) is -0.544. The van der Waals surface area contributed by atoms with E-state index >= 15 is 0 Å². The Bertz CT molecular complexity index is 1480. The second-order valence-corrected chi connectivity index (χ2v) is 13.0. The molecule has 1 saturated carbocycles. The van der Waals surface area contributed by atoms with E-state index in [1.165, 1.54) is 6.92 Å². The van der Waals surface area contributed by atoms with Gasteiger partial charge in [0.1, 0.15) is 19.3 Å². The number of ether oxygens (including phenoxy) is 6. The zero-order valence-corrected chi connectivity index (χ0v) is 24.7. The van der Waals surface area contributed by atoms with Crippen LogP contribution in [0, 0.1) is 0 Å². The molecule has 0 N–H and O–H groups in total. The van der Waals surface area contributed by atoms with Crippen molar-refractivity contribution in [3.63, 3.8) is 0 Å². The Morgan fingerprint density at radius 2 is 1.43 bits per heavy atom. The van der Waals surface area contributed by atoms with E-state index in [4.69, 9.17) is 28.4 Å². The lowest BCUT2D eigenvalue weighted by Crippen LogP contribution is -2.60. The quantitative estimate of drug-likeness (QED) is 0.325. The standard InChI is InChI=1S/C30H34O11S/c1-16(31)38-27-26(41-30(42(4,34)35)29(40-18(3)33)28(27)39-17(2)32)21-8-9-23(20-6-7-20)22(15-21)13-19-5-10-24-25(14-19)37-12-11-36-24/h5,8-10,14-15,20,26-30H,6-7,11-13H2,1-4H3/t26-,27-,28+,29-,30+/m0/s1. The second kappa shape index (κ2) is 11.9. The largest absolute Gasteiger partial charge is 0.486 e. The zero-order chi connectivity index (χ0) is 30.2. The maximum absolute atomic E-state index is 12.9. The molecule has 0 amide bonds. The van der Waals surface area contributed by atoms with Crippen LogP contribution in [0.3, 0.4) is 0 Å². The highest BCUT2D eigenvalue weighted by molar-refractivity contribution is 7.91. The minimum atomic E-state index is -4.02. The highest BCUT2D eigenvalue weighted by atomic mass is 32.2. The van der Waals surface area contributed by atoms with E-state index < -0.39 is 57.6 Å². The second-order valence-electron chi connectivity index (χ2n) is 10.9. The van der Waals surface area contributed by atoms with E-state index in [0.29, 0.717) is 42.6 Å². The predicted molar refractivity (Wildman–Crippen MR) is 148 cm³/mol. The van der Waals surface area contributed by atoms with Crippen molar-refractivity contribution in [3.8, 4) is 11.5 Å². The number of carbonyl (C=O) groups excluding carboxylic acids is 3. The summed E-state index contributed by atoms with van der Waals surface area (Å²) in [4.78, 5) is 36.4. The number of benzene rings is 2. The summed E-state index contributed by atoms with van der Waals surface area (Å²) in [6.45, 7) is 4.36. The van der Waals surface area contributed by atoms with Gasteiger partial charge in [-0.15, -0.1) is 0 Å². The number of fused-ring (bicyclic) bond motifs is 1. The van der Waals surface area contributed by atoms with Gasteiger partial charge in [-0.05, 0) is 59.6 Å². The molecule has 0 spiro atoms. The van der Waals surface area contributed by atoms with Crippen LogP contribution in [-0.4, -0.2) is 69.5 Å². The van der Waals surface area contributed by atoms with Crippen molar-refractivity contribution in [2.24, 2.45) is 0 Å². The molecule has 2 fully saturated rings. The third-order valence-corrected chi connectivity index (χ3v) is 8.56. The lowest BCUT2D eigenvalue weighted by Gasteiger charge is -2.44. The highest BCUT2D eigenvalue weighted by Gasteiger charge is 2.55. The van der Waals surface area contributed by atoms with E-state index in [2.05, 4.69) is 0 Å². The summed E-state index contributed by atoms with van der Waals surface area (Å²) < 4.78 is 59.7. The summed E-state index contributed by atoms with van der Waals surface area (Å²) in [6.07, 6.45) is -1.88. The van der Waals surface area contributed by atoms with Crippen LogP contribution >= 0.6 is 0 Å². The third kappa shape index (κ3) is 6.70. The monoisotopic (exact) mass is 602 g/mol. The van der Waals surface area contributed by atoms with Crippen molar-refractivity contribution < 1.29 is 51.2 Å². The summed E-state index contributed by atoms with van der Waals surface area (Å²) in [6, 6.07) is 11.5. The van der Waals surface area contributed by atoms with Crippen LogP contribution in [0.25, 0.3) is 0 Å². The van der Waals surface area contributed by atoms with Gasteiger partial charge in [-0.1, -0.05) is 24.3 Å². The highest BCUT2D eigenvalue weighted by Crippen LogP contribution is 2.45. The Morgan fingerprint density at radius 3 is 2.05 bits per heavy atom. The fourth-order valence-electron chi connectivity index (χ4n) is 5.55. The molecule has 0 radical (unpaired) electrons. The molecule has 226 valence electrons. The topological polar surface area (TPSA) is 141 Å². The molecule has 0 unspecified atom stereocenters. The van der Waals surface area contributed by atoms with Crippen LogP contribution in [0.4, 0.5) is 0 Å². The van der Waals surface area contributed by atoms with Gasteiger partial charge in [0.15, 0.2) is 45.1 Å². The molecular weight excluding hydrogens is 568 g/mol. The van der Waals surface area contributed by atoms with Crippen molar-refractivity contribution >= 4 is 27.7 Å². The fourth-order valence-corrected chi connectivity index (χ4v) is 6.57. The Labute approximate surface area is 244 Å². The van der Waals surface area contributed by atoms with E-state index in [0.717, 1.165) is 49.6 Å². The Balaban J connectivity index is 1.57. The van der Waals surface area contributed by atoms with Gasteiger partial charge in [-0.3, -0.25) is 14.4 Å². The first-order chi connectivity index (χ1) is 19.9. The molecule has 2 heterocycles. The smallest absolute Gasteiger partial charge is 0.303 e. The maximum Gasteiger partial charge on any atom is 0.303 e. The molecule has 2 aromatic carbocycles. The molecule has 1 aliphatic carbocycles. The number of esters is 3. The molecule has 5 atom stereocenters. The van der Waals surface area contributed by atoms with Gasteiger partial charge < -0.3 is 28.4 Å². The number of hydrogen-bond donors (Lipinski definition) is 0. The van der Waals surface area contributed by atoms with Crippen molar-refractivity contribution in [1.29, 1.82) is 0 Å². The van der Waals surface area contributed by atoms with Crippen LogP contribution in [0.1, 0.15) is 67.9 Å². The molecule has 2 aliphatic heterocycles. The van der Waals surface area contributed by atoms with E-state index in [-0.39, 0.29) is 0 Å². The molecule has 0 bridgehead atoms. The van der Waals surface area contributed by atoms with Crippen molar-refractivity contribution in [3.05, 3.63) is 58.7 Å². The SMILES string of the molecule is CC(=O)O[C@@H]1[C@@H](OC(C)=O)[C@H](c2ccc(C3CC3)c(Cc3ccc4c(c3)OCCO4)c2)O[C@H](S(C)(=O)=O)[C@H]1OC(C)=O. The van der Waals surface area contributed by atoms with Gasteiger partial charge in [0.05, 0.1) is 0 Å². The Morgan fingerprint density at radius 1 is 0.810 bits per heavy atom. The van der Waals surface area contributed by atoms with Gasteiger partial charge in [0.2, 0.25) is 0 Å². The molecule has 3 aliphatic rings. The third-order valence-electron chi connectivity index (χ3n) is 7.34. The average molecular weight is 603 g/mol. The van der Waals surface area contributed by atoms with Gasteiger partial charge in [-0.25, -0.2) is 8.42 Å². The predicted octanol–water partition coefficient (Wildman–Crippen LogP) is 3.16. The van der Waals surface area contributed by atoms with Gasteiger partial charge in [-0.2, -0.15) is 0 Å². The molecule has 12 heteroatoms. The fraction of sp³-hybridized carbons (Fsp3) is 0.500. The van der Waals surface area contributed by atoms with Gasteiger partial charge in [0, 0.05) is 27.0 Å².